The number of rotatable bonds is 9. The molecular weight excluding hydrogens is 576 g/mol. The predicted octanol–water partition coefficient (Wildman–Crippen LogP) is 3.62. The molecule has 0 amide bonds. The minimum Gasteiger partial charge on any atom is -0.393 e. The normalized spacial score (nSPS) is 46.4. The van der Waals surface area contributed by atoms with E-state index in [1.54, 1.807) is 0 Å². The fourth-order valence-corrected chi connectivity index (χ4v) is 10.7. The Kier molecular flexibility index (Phi) is 9.82. The molecule has 5 aliphatic rings. The van der Waals surface area contributed by atoms with Gasteiger partial charge < -0.3 is 29.9 Å². The molecule has 0 aromatic rings. The third-order valence-corrected chi connectivity index (χ3v) is 12.7. The standard InChI is InChI=1S/C32H54O10S/c1-17(2)12-20(33)13-18(3)22-6-7-23-27-24(9-11-32(22,23)5)31(4)10-8-21(42-43(37,38)39)14-19(31)15-26(27)41-30-29(36)28(35)25(34)16-40-30/h15,17-18,20-30,33-36H,6-14,16H2,1-5H3,(H,37,38,39)/t18-,20?,21+,22-,23+,24+,25-,26-,27+,28+,29-,30+,31+,32-/m1/s1. The fourth-order valence-electron chi connectivity index (χ4n) is 10.2. The first-order valence-corrected chi connectivity index (χ1v) is 17.8. The zero-order valence-corrected chi connectivity index (χ0v) is 27.2. The van der Waals surface area contributed by atoms with Crippen molar-refractivity contribution in [3.05, 3.63) is 11.6 Å². The van der Waals surface area contributed by atoms with E-state index in [9.17, 15) is 33.4 Å². The van der Waals surface area contributed by atoms with Crippen molar-refractivity contribution < 1.29 is 47.1 Å². The average molecular weight is 631 g/mol. The van der Waals surface area contributed by atoms with Crippen LogP contribution in [0.1, 0.15) is 92.4 Å². The van der Waals surface area contributed by atoms with Crippen molar-refractivity contribution in [2.45, 2.75) is 135 Å². The summed E-state index contributed by atoms with van der Waals surface area (Å²) >= 11 is 0. The van der Waals surface area contributed by atoms with Gasteiger partial charge in [-0.05, 0) is 104 Å². The molecule has 0 aromatic heterocycles. The lowest BCUT2D eigenvalue weighted by atomic mass is 9.46. The van der Waals surface area contributed by atoms with Gasteiger partial charge in [0.25, 0.3) is 0 Å². The number of aliphatic hydroxyl groups is 4. The summed E-state index contributed by atoms with van der Waals surface area (Å²) in [6.07, 6.45) is 2.87. The molecule has 1 aliphatic heterocycles. The summed E-state index contributed by atoms with van der Waals surface area (Å²) in [5.41, 5.74) is 0.894. The van der Waals surface area contributed by atoms with Gasteiger partial charge in [-0.25, -0.2) is 4.18 Å². The smallest absolute Gasteiger partial charge is 0.393 e. The molecule has 4 fully saturated rings. The van der Waals surface area contributed by atoms with Gasteiger partial charge in [0.2, 0.25) is 0 Å². The number of fused-ring (bicyclic) bond motifs is 5. The Labute approximate surface area is 257 Å². The van der Waals surface area contributed by atoms with Gasteiger partial charge in [0.05, 0.1) is 24.9 Å². The average Bonchev–Trinajstić information content (AvgIpc) is 3.25. The van der Waals surface area contributed by atoms with Gasteiger partial charge in [-0.1, -0.05) is 46.3 Å². The highest BCUT2D eigenvalue weighted by molar-refractivity contribution is 7.80. The Morgan fingerprint density at radius 2 is 1.72 bits per heavy atom. The van der Waals surface area contributed by atoms with E-state index in [1.807, 2.05) is 0 Å². The molecule has 5 rings (SSSR count). The van der Waals surface area contributed by atoms with Crippen LogP contribution in [-0.4, -0.2) is 82.9 Å². The summed E-state index contributed by atoms with van der Waals surface area (Å²) < 4.78 is 49.7. The molecule has 4 aliphatic carbocycles. The van der Waals surface area contributed by atoms with Crippen LogP contribution in [0.2, 0.25) is 0 Å². The van der Waals surface area contributed by atoms with Gasteiger partial charge >= 0.3 is 10.4 Å². The van der Waals surface area contributed by atoms with Gasteiger partial charge in [-0.3, -0.25) is 4.55 Å². The highest BCUT2D eigenvalue weighted by Gasteiger charge is 2.62. The van der Waals surface area contributed by atoms with E-state index in [1.165, 1.54) is 0 Å². The highest BCUT2D eigenvalue weighted by Crippen LogP contribution is 2.68. The highest BCUT2D eigenvalue weighted by atomic mass is 32.3. The minimum atomic E-state index is -4.59. The molecule has 0 aromatic carbocycles. The maximum Gasteiger partial charge on any atom is 0.397 e. The van der Waals surface area contributed by atoms with E-state index < -0.39 is 47.2 Å². The SMILES string of the molecule is CC(C)CC(O)C[C@@H](C)[C@H]1CC[C@H]2[C@@H]3[C@H](O[C@@H]4OC[C@@H](O)[C@H](O)[C@H]4O)C=C4C[C@@H](OS(=O)(=O)O)CC[C@]4(C)[C@H]3CC[C@]12C. The first kappa shape index (κ1) is 33.7. The van der Waals surface area contributed by atoms with Crippen LogP contribution in [0.5, 0.6) is 0 Å². The molecule has 14 atom stereocenters. The molecule has 1 saturated heterocycles. The molecule has 5 N–H and O–H groups in total. The fraction of sp³-hybridized carbons (Fsp3) is 0.938. The Morgan fingerprint density at radius 1 is 1.00 bits per heavy atom. The summed E-state index contributed by atoms with van der Waals surface area (Å²) in [7, 11) is -4.59. The Balaban J connectivity index is 1.45. The topological polar surface area (TPSA) is 163 Å². The van der Waals surface area contributed by atoms with Crippen LogP contribution in [0.4, 0.5) is 0 Å². The van der Waals surface area contributed by atoms with Gasteiger partial charge in [0.15, 0.2) is 6.29 Å². The van der Waals surface area contributed by atoms with E-state index in [0.717, 1.165) is 50.5 Å². The van der Waals surface area contributed by atoms with Crippen LogP contribution < -0.4 is 0 Å². The lowest BCUT2D eigenvalue weighted by Gasteiger charge is -2.60. The summed E-state index contributed by atoms with van der Waals surface area (Å²) in [5, 5.41) is 41.9. The van der Waals surface area contributed by atoms with Crippen molar-refractivity contribution in [3.8, 4) is 0 Å². The van der Waals surface area contributed by atoms with E-state index in [-0.39, 0.29) is 35.4 Å². The maximum atomic E-state index is 11.5. The Bertz CT molecular complexity index is 1130. The van der Waals surface area contributed by atoms with Gasteiger partial charge in [0.1, 0.15) is 18.3 Å². The van der Waals surface area contributed by atoms with E-state index >= 15 is 0 Å². The second kappa shape index (κ2) is 12.5. The number of hydrogen-bond donors (Lipinski definition) is 5. The van der Waals surface area contributed by atoms with Crippen molar-refractivity contribution in [3.63, 3.8) is 0 Å². The van der Waals surface area contributed by atoms with Crippen LogP contribution in [0.25, 0.3) is 0 Å². The summed E-state index contributed by atoms with van der Waals surface area (Å²) in [6, 6.07) is 0. The monoisotopic (exact) mass is 630 g/mol. The molecule has 0 spiro atoms. The van der Waals surface area contributed by atoms with Crippen molar-refractivity contribution in [1.82, 2.24) is 0 Å². The third kappa shape index (κ3) is 6.63. The van der Waals surface area contributed by atoms with Crippen molar-refractivity contribution in [1.29, 1.82) is 0 Å². The van der Waals surface area contributed by atoms with E-state index in [2.05, 4.69) is 40.7 Å². The van der Waals surface area contributed by atoms with Crippen molar-refractivity contribution >= 4 is 10.4 Å². The summed E-state index contributed by atoms with van der Waals surface area (Å²) in [6.45, 7) is 11.1. The van der Waals surface area contributed by atoms with Crippen LogP contribution in [-0.2, 0) is 24.1 Å². The van der Waals surface area contributed by atoms with Crippen LogP contribution in [0.15, 0.2) is 11.6 Å². The second-order valence-corrected chi connectivity index (χ2v) is 16.4. The molecule has 0 radical (unpaired) electrons. The quantitative estimate of drug-likeness (QED) is 0.188. The molecular formula is C32H54O10S. The molecule has 43 heavy (non-hydrogen) atoms. The number of ether oxygens (including phenoxy) is 2. The molecule has 1 heterocycles. The zero-order valence-electron chi connectivity index (χ0n) is 26.3. The van der Waals surface area contributed by atoms with Crippen molar-refractivity contribution in [2.75, 3.05) is 6.61 Å². The lowest BCUT2D eigenvalue weighted by Crippen LogP contribution is -2.59. The number of hydrogen-bond acceptors (Lipinski definition) is 9. The maximum absolute atomic E-state index is 11.5. The van der Waals surface area contributed by atoms with Crippen molar-refractivity contribution in [2.24, 2.45) is 46.3 Å². The lowest BCUT2D eigenvalue weighted by molar-refractivity contribution is -0.289. The largest absolute Gasteiger partial charge is 0.397 e. The van der Waals surface area contributed by atoms with E-state index in [0.29, 0.717) is 36.5 Å². The predicted molar refractivity (Wildman–Crippen MR) is 159 cm³/mol. The molecule has 248 valence electrons. The second-order valence-electron chi connectivity index (χ2n) is 15.4. The zero-order chi connectivity index (χ0) is 31.5. The first-order chi connectivity index (χ1) is 20.0. The molecule has 11 heteroatoms. The van der Waals surface area contributed by atoms with E-state index in [4.69, 9.17) is 13.7 Å². The minimum absolute atomic E-state index is 0.0501. The molecule has 1 unspecified atom stereocenters. The molecule has 3 saturated carbocycles. The Morgan fingerprint density at radius 3 is 2.40 bits per heavy atom. The van der Waals surface area contributed by atoms with Crippen LogP contribution >= 0.6 is 0 Å². The number of aliphatic hydroxyl groups excluding tert-OH is 4. The van der Waals surface area contributed by atoms with Gasteiger partial charge in [-0.15, -0.1) is 0 Å². The first-order valence-electron chi connectivity index (χ1n) is 16.4. The summed E-state index contributed by atoms with van der Waals surface area (Å²) in [4.78, 5) is 0. The van der Waals surface area contributed by atoms with Crippen LogP contribution in [0, 0.1) is 46.3 Å². The molecule has 10 nitrogen and oxygen atoms in total. The molecule has 0 bridgehead atoms. The van der Waals surface area contributed by atoms with Gasteiger partial charge in [-0.2, -0.15) is 8.42 Å². The third-order valence-electron chi connectivity index (χ3n) is 12.2. The summed E-state index contributed by atoms with van der Waals surface area (Å²) in [5.74, 6) is 1.98. The van der Waals surface area contributed by atoms with Gasteiger partial charge in [0, 0.05) is 0 Å². The Hall–Kier alpha value is -0.630. The van der Waals surface area contributed by atoms with Crippen LogP contribution in [0.3, 0.4) is 0 Å².